The number of thioether (sulfide) groups is 1. The summed E-state index contributed by atoms with van der Waals surface area (Å²) < 4.78 is 0. The normalized spacial score (nSPS) is 9.87. The quantitative estimate of drug-likeness (QED) is 0.552. The standard InChI is InChI=1S/C6H9N5O3S/c12-5(2-15-3-6(13)14)7-1-4-8-10-11-9-4/h1-3H2,(H,7,12)(H,13,14)(H,8,9,10,11). The monoisotopic (exact) mass is 231 g/mol. The molecule has 0 unspecified atom stereocenters. The zero-order chi connectivity index (χ0) is 11.1. The first-order chi connectivity index (χ1) is 7.18. The summed E-state index contributed by atoms with van der Waals surface area (Å²) in [7, 11) is 0. The van der Waals surface area contributed by atoms with Crippen LogP contribution in [0.1, 0.15) is 5.82 Å². The van der Waals surface area contributed by atoms with Crippen LogP contribution in [-0.4, -0.2) is 49.1 Å². The van der Waals surface area contributed by atoms with Gasteiger partial charge in [-0.05, 0) is 0 Å². The van der Waals surface area contributed by atoms with Crippen molar-refractivity contribution in [2.24, 2.45) is 0 Å². The maximum Gasteiger partial charge on any atom is 0.313 e. The van der Waals surface area contributed by atoms with Gasteiger partial charge in [0, 0.05) is 0 Å². The topological polar surface area (TPSA) is 121 Å². The molecule has 0 spiro atoms. The molecule has 0 saturated carbocycles. The second-order valence-corrected chi connectivity index (χ2v) is 3.48. The van der Waals surface area contributed by atoms with E-state index in [9.17, 15) is 9.59 Å². The first kappa shape index (κ1) is 11.4. The number of hydrogen-bond donors (Lipinski definition) is 3. The minimum absolute atomic E-state index is 0.0877. The van der Waals surface area contributed by atoms with Crippen LogP contribution in [0, 0.1) is 0 Å². The fourth-order valence-electron chi connectivity index (χ4n) is 0.717. The van der Waals surface area contributed by atoms with E-state index >= 15 is 0 Å². The maximum absolute atomic E-state index is 11.1. The third kappa shape index (κ3) is 4.96. The number of hydrogen-bond acceptors (Lipinski definition) is 6. The number of aromatic nitrogens is 4. The van der Waals surface area contributed by atoms with Crippen molar-refractivity contribution in [2.45, 2.75) is 6.54 Å². The Morgan fingerprint density at radius 1 is 1.47 bits per heavy atom. The number of nitrogens with zero attached hydrogens (tertiary/aromatic N) is 3. The lowest BCUT2D eigenvalue weighted by molar-refractivity contribution is -0.133. The van der Waals surface area contributed by atoms with E-state index in [1.807, 2.05) is 0 Å². The van der Waals surface area contributed by atoms with Gasteiger partial charge in [-0.1, -0.05) is 5.21 Å². The van der Waals surface area contributed by atoms with E-state index in [1.54, 1.807) is 0 Å². The fourth-order valence-corrected chi connectivity index (χ4v) is 1.28. The Morgan fingerprint density at radius 2 is 2.27 bits per heavy atom. The molecule has 0 aliphatic rings. The molecule has 0 fully saturated rings. The number of aromatic amines is 1. The molecule has 82 valence electrons. The highest BCUT2D eigenvalue weighted by Gasteiger charge is 2.05. The Labute approximate surface area is 88.8 Å². The molecule has 1 aromatic heterocycles. The molecule has 0 saturated heterocycles. The molecule has 0 aliphatic carbocycles. The van der Waals surface area contributed by atoms with Crippen molar-refractivity contribution in [3.63, 3.8) is 0 Å². The number of aliphatic carboxylic acids is 1. The summed E-state index contributed by atoms with van der Waals surface area (Å²) in [5, 5.41) is 23.7. The zero-order valence-corrected chi connectivity index (χ0v) is 8.45. The summed E-state index contributed by atoms with van der Waals surface area (Å²) >= 11 is 1.03. The molecule has 1 heterocycles. The largest absolute Gasteiger partial charge is 0.481 e. The van der Waals surface area contributed by atoms with Gasteiger partial charge in [0.2, 0.25) is 5.91 Å². The summed E-state index contributed by atoms with van der Waals surface area (Å²) in [4.78, 5) is 21.2. The van der Waals surface area contributed by atoms with Crippen molar-refractivity contribution in [2.75, 3.05) is 11.5 Å². The number of amides is 1. The van der Waals surface area contributed by atoms with Crippen molar-refractivity contribution in [3.8, 4) is 0 Å². The minimum Gasteiger partial charge on any atom is -0.481 e. The molecule has 0 aliphatic heterocycles. The predicted molar refractivity (Wildman–Crippen MR) is 51.0 cm³/mol. The van der Waals surface area contributed by atoms with Crippen LogP contribution >= 0.6 is 11.8 Å². The highest BCUT2D eigenvalue weighted by atomic mass is 32.2. The minimum atomic E-state index is -0.939. The molecule has 0 bridgehead atoms. The second-order valence-electron chi connectivity index (χ2n) is 2.49. The van der Waals surface area contributed by atoms with Crippen LogP contribution in [0.3, 0.4) is 0 Å². The molecule has 0 radical (unpaired) electrons. The van der Waals surface area contributed by atoms with E-state index in [-0.39, 0.29) is 24.0 Å². The van der Waals surface area contributed by atoms with E-state index in [4.69, 9.17) is 5.11 Å². The van der Waals surface area contributed by atoms with Gasteiger partial charge in [0.1, 0.15) is 0 Å². The molecule has 0 aromatic carbocycles. The van der Waals surface area contributed by atoms with E-state index in [2.05, 4.69) is 25.9 Å². The average Bonchev–Trinajstić information content (AvgIpc) is 2.66. The van der Waals surface area contributed by atoms with Crippen LogP contribution in [-0.2, 0) is 16.1 Å². The van der Waals surface area contributed by atoms with Crippen LogP contribution < -0.4 is 5.32 Å². The predicted octanol–water partition coefficient (Wildman–Crippen LogP) is -1.37. The van der Waals surface area contributed by atoms with Gasteiger partial charge in [0.25, 0.3) is 0 Å². The summed E-state index contributed by atoms with van der Waals surface area (Å²) in [6.07, 6.45) is 0. The zero-order valence-electron chi connectivity index (χ0n) is 7.63. The van der Waals surface area contributed by atoms with Crippen molar-refractivity contribution in [3.05, 3.63) is 5.82 Å². The summed E-state index contributed by atoms with van der Waals surface area (Å²) in [5.41, 5.74) is 0. The summed E-state index contributed by atoms with van der Waals surface area (Å²) in [6.45, 7) is 0.183. The Kier molecular flexibility index (Phi) is 4.54. The molecule has 8 nitrogen and oxygen atoms in total. The number of carboxylic acids is 1. The number of carbonyl (C=O) groups is 2. The van der Waals surface area contributed by atoms with E-state index in [0.29, 0.717) is 5.82 Å². The molecule has 0 atom stereocenters. The Balaban J connectivity index is 2.11. The van der Waals surface area contributed by atoms with Crippen LogP contribution in [0.5, 0.6) is 0 Å². The molecule has 9 heteroatoms. The van der Waals surface area contributed by atoms with E-state index in [0.717, 1.165) is 11.8 Å². The SMILES string of the molecule is O=C(O)CSCC(=O)NCc1nn[nH]n1. The molecular weight excluding hydrogens is 222 g/mol. The number of carboxylic acid groups (broad SMARTS) is 1. The lowest BCUT2D eigenvalue weighted by atomic mass is 10.6. The Hall–Kier alpha value is -1.64. The van der Waals surface area contributed by atoms with Crippen LogP contribution in [0.15, 0.2) is 0 Å². The molecule has 1 rings (SSSR count). The lowest BCUT2D eigenvalue weighted by Crippen LogP contribution is -2.25. The number of rotatable bonds is 6. The van der Waals surface area contributed by atoms with Crippen molar-refractivity contribution >= 4 is 23.6 Å². The highest BCUT2D eigenvalue weighted by Crippen LogP contribution is 1.98. The van der Waals surface area contributed by atoms with Crippen molar-refractivity contribution in [1.29, 1.82) is 0 Å². The molecular formula is C6H9N5O3S. The summed E-state index contributed by atoms with van der Waals surface area (Å²) in [5.74, 6) is -0.802. The third-order valence-electron chi connectivity index (χ3n) is 1.29. The number of H-pyrrole nitrogens is 1. The van der Waals surface area contributed by atoms with Gasteiger partial charge in [-0.25, -0.2) is 0 Å². The van der Waals surface area contributed by atoms with Crippen LogP contribution in [0.2, 0.25) is 0 Å². The van der Waals surface area contributed by atoms with Crippen LogP contribution in [0.25, 0.3) is 0 Å². The van der Waals surface area contributed by atoms with Crippen molar-refractivity contribution < 1.29 is 14.7 Å². The summed E-state index contributed by atoms with van der Waals surface area (Å²) in [6, 6.07) is 0. The van der Waals surface area contributed by atoms with Gasteiger partial charge < -0.3 is 10.4 Å². The van der Waals surface area contributed by atoms with Crippen LogP contribution in [0.4, 0.5) is 0 Å². The molecule has 1 amide bonds. The molecule has 3 N–H and O–H groups in total. The first-order valence-corrected chi connectivity index (χ1v) is 5.12. The molecule has 15 heavy (non-hydrogen) atoms. The van der Waals surface area contributed by atoms with E-state index < -0.39 is 5.97 Å². The molecule has 1 aromatic rings. The van der Waals surface area contributed by atoms with Gasteiger partial charge >= 0.3 is 5.97 Å². The lowest BCUT2D eigenvalue weighted by Gasteiger charge is -2.00. The maximum atomic E-state index is 11.1. The number of tetrazole rings is 1. The number of nitrogens with one attached hydrogen (secondary N) is 2. The fraction of sp³-hybridized carbons (Fsp3) is 0.500. The van der Waals surface area contributed by atoms with Crippen molar-refractivity contribution in [1.82, 2.24) is 25.9 Å². The van der Waals surface area contributed by atoms with Gasteiger partial charge in [-0.2, -0.15) is 5.21 Å². The van der Waals surface area contributed by atoms with Gasteiger partial charge in [0.05, 0.1) is 18.1 Å². The first-order valence-electron chi connectivity index (χ1n) is 3.97. The smallest absolute Gasteiger partial charge is 0.313 e. The van der Waals surface area contributed by atoms with Gasteiger partial charge in [0.15, 0.2) is 5.82 Å². The third-order valence-corrected chi connectivity index (χ3v) is 2.21. The Morgan fingerprint density at radius 3 is 2.87 bits per heavy atom. The van der Waals surface area contributed by atoms with Gasteiger partial charge in [-0.3, -0.25) is 9.59 Å². The average molecular weight is 231 g/mol. The van der Waals surface area contributed by atoms with Gasteiger partial charge in [-0.15, -0.1) is 22.0 Å². The number of carbonyl (C=O) groups excluding carboxylic acids is 1. The van der Waals surface area contributed by atoms with E-state index in [1.165, 1.54) is 0 Å². The second kappa shape index (κ2) is 5.96. The Bertz CT molecular complexity index is 328. The highest BCUT2D eigenvalue weighted by molar-refractivity contribution is 8.00.